The van der Waals surface area contributed by atoms with Gasteiger partial charge in [0.2, 0.25) is 5.91 Å². The van der Waals surface area contributed by atoms with E-state index in [1.807, 2.05) is 17.9 Å². The Bertz CT molecular complexity index is 718. The number of nitrogens with zero attached hydrogens (tertiary/aromatic N) is 3. The van der Waals surface area contributed by atoms with Crippen LogP contribution in [0, 0.1) is 6.92 Å². The third kappa shape index (κ3) is 5.16. The second kappa shape index (κ2) is 8.96. The quantitative estimate of drug-likeness (QED) is 0.822. The highest BCUT2D eigenvalue weighted by Crippen LogP contribution is 2.23. The molecule has 2 aromatic rings. The van der Waals surface area contributed by atoms with E-state index in [2.05, 4.69) is 46.5 Å². The Morgan fingerprint density at radius 1 is 1.23 bits per heavy atom. The number of hydrogen-bond donors (Lipinski definition) is 1. The second-order valence-electron chi connectivity index (χ2n) is 6.85. The third-order valence-corrected chi connectivity index (χ3v) is 4.70. The van der Waals surface area contributed by atoms with Gasteiger partial charge < -0.3 is 10.1 Å². The Kier molecular flexibility index (Phi) is 6.41. The van der Waals surface area contributed by atoms with Gasteiger partial charge in [-0.1, -0.05) is 29.8 Å². The maximum Gasteiger partial charge on any atom is 0.220 e. The number of rotatable bonds is 7. The first-order chi connectivity index (χ1) is 12.6. The Labute approximate surface area is 155 Å². The van der Waals surface area contributed by atoms with Crippen LogP contribution in [0.5, 0.6) is 0 Å². The molecule has 0 bridgehead atoms. The van der Waals surface area contributed by atoms with Gasteiger partial charge >= 0.3 is 0 Å². The van der Waals surface area contributed by atoms with Gasteiger partial charge in [-0.3, -0.25) is 14.4 Å². The monoisotopic (exact) mass is 356 g/mol. The SMILES string of the molecule is Cc1ccc(-c2nn(C)cc2CCC(=O)NCCN2CCOCC2)cc1. The van der Waals surface area contributed by atoms with Gasteiger partial charge in [0.15, 0.2) is 0 Å². The predicted octanol–water partition coefficient (Wildman–Crippen LogP) is 1.78. The summed E-state index contributed by atoms with van der Waals surface area (Å²) in [5, 5.41) is 7.60. The van der Waals surface area contributed by atoms with Crippen molar-refractivity contribution in [2.24, 2.45) is 7.05 Å². The lowest BCUT2D eigenvalue weighted by molar-refractivity contribution is -0.121. The predicted molar refractivity (Wildman–Crippen MR) is 102 cm³/mol. The molecule has 0 saturated carbocycles. The molecule has 0 radical (unpaired) electrons. The molecule has 2 heterocycles. The van der Waals surface area contributed by atoms with E-state index in [1.165, 1.54) is 5.56 Å². The lowest BCUT2D eigenvalue weighted by Crippen LogP contribution is -2.41. The number of hydrogen-bond acceptors (Lipinski definition) is 4. The van der Waals surface area contributed by atoms with E-state index in [0.29, 0.717) is 19.4 Å². The Balaban J connectivity index is 1.49. The molecular weight excluding hydrogens is 328 g/mol. The van der Waals surface area contributed by atoms with Gasteiger partial charge in [0.25, 0.3) is 0 Å². The summed E-state index contributed by atoms with van der Waals surface area (Å²) in [6.07, 6.45) is 3.18. The molecule has 1 saturated heterocycles. The van der Waals surface area contributed by atoms with Crippen molar-refractivity contribution < 1.29 is 9.53 Å². The fourth-order valence-corrected chi connectivity index (χ4v) is 3.19. The summed E-state index contributed by atoms with van der Waals surface area (Å²) in [7, 11) is 1.92. The van der Waals surface area contributed by atoms with Crippen LogP contribution in [-0.2, 0) is 23.0 Å². The zero-order valence-corrected chi connectivity index (χ0v) is 15.7. The van der Waals surface area contributed by atoms with Crippen LogP contribution in [0.1, 0.15) is 17.5 Å². The number of carbonyl (C=O) groups excluding carboxylic acids is 1. The molecule has 1 aliphatic heterocycles. The molecule has 1 N–H and O–H groups in total. The van der Waals surface area contributed by atoms with Gasteiger partial charge in [-0.2, -0.15) is 5.10 Å². The Hall–Kier alpha value is -2.18. The summed E-state index contributed by atoms with van der Waals surface area (Å²) in [6, 6.07) is 8.35. The van der Waals surface area contributed by atoms with Crippen molar-refractivity contribution in [1.82, 2.24) is 20.0 Å². The topological polar surface area (TPSA) is 59.4 Å². The summed E-state index contributed by atoms with van der Waals surface area (Å²) >= 11 is 0. The minimum atomic E-state index is 0.0944. The van der Waals surface area contributed by atoms with Crippen molar-refractivity contribution in [2.75, 3.05) is 39.4 Å². The Morgan fingerprint density at radius 3 is 2.69 bits per heavy atom. The number of benzene rings is 1. The average molecular weight is 356 g/mol. The van der Waals surface area contributed by atoms with Gasteiger partial charge in [-0.25, -0.2) is 0 Å². The van der Waals surface area contributed by atoms with Crippen molar-refractivity contribution >= 4 is 5.91 Å². The number of ether oxygens (including phenoxy) is 1. The molecule has 3 rings (SSSR count). The second-order valence-corrected chi connectivity index (χ2v) is 6.85. The number of aromatic nitrogens is 2. The fourth-order valence-electron chi connectivity index (χ4n) is 3.19. The van der Waals surface area contributed by atoms with Crippen LogP contribution < -0.4 is 5.32 Å². The maximum absolute atomic E-state index is 12.2. The van der Waals surface area contributed by atoms with Crippen molar-refractivity contribution in [2.45, 2.75) is 19.8 Å². The van der Waals surface area contributed by atoms with E-state index in [0.717, 1.165) is 49.7 Å². The van der Waals surface area contributed by atoms with E-state index in [9.17, 15) is 4.79 Å². The smallest absolute Gasteiger partial charge is 0.220 e. The largest absolute Gasteiger partial charge is 0.379 e. The van der Waals surface area contributed by atoms with Crippen molar-refractivity contribution in [3.63, 3.8) is 0 Å². The molecule has 1 aromatic heterocycles. The van der Waals surface area contributed by atoms with Crippen LogP contribution in [0.15, 0.2) is 30.5 Å². The summed E-state index contributed by atoms with van der Waals surface area (Å²) in [5.74, 6) is 0.0944. The van der Waals surface area contributed by atoms with E-state index in [-0.39, 0.29) is 5.91 Å². The molecule has 1 fully saturated rings. The molecule has 1 aliphatic rings. The minimum absolute atomic E-state index is 0.0944. The van der Waals surface area contributed by atoms with Crippen LogP contribution >= 0.6 is 0 Å². The molecule has 6 nitrogen and oxygen atoms in total. The van der Waals surface area contributed by atoms with Crippen molar-refractivity contribution in [3.05, 3.63) is 41.6 Å². The lowest BCUT2D eigenvalue weighted by atomic mass is 10.0. The summed E-state index contributed by atoms with van der Waals surface area (Å²) in [5.41, 5.74) is 4.40. The number of amides is 1. The van der Waals surface area contributed by atoms with Crippen LogP contribution in [0.4, 0.5) is 0 Å². The highest BCUT2D eigenvalue weighted by molar-refractivity contribution is 5.76. The Morgan fingerprint density at radius 2 is 1.96 bits per heavy atom. The standard InChI is InChI=1S/C20H28N4O2/c1-16-3-5-17(6-4-16)20-18(15-23(2)22-20)7-8-19(25)21-9-10-24-11-13-26-14-12-24/h3-6,15H,7-14H2,1-2H3,(H,21,25). The van der Waals surface area contributed by atoms with Gasteiger partial charge in [0.1, 0.15) is 0 Å². The van der Waals surface area contributed by atoms with Gasteiger partial charge in [0, 0.05) is 51.4 Å². The summed E-state index contributed by atoms with van der Waals surface area (Å²) < 4.78 is 7.15. The normalized spacial score (nSPS) is 15.2. The van der Waals surface area contributed by atoms with Crippen molar-refractivity contribution in [3.8, 4) is 11.3 Å². The zero-order chi connectivity index (χ0) is 18.4. The van der Waals surface area contributed by atoms with Crippen molar-refractivity contribution in [1.29, 1.82) is 0 Å². The number of aryl methyl sites for hydroxylation is 3. The van der Waals surface area contributed by atoms with Gasteiger partial charge in [-0.15, -0.1) is 0 Å². The fraction of sp³-hybridized carbons (Fsp3) is 0.500. The number of nitrogens with one attached hydrogen (secondary N) is 1. The first-order valence-corrected chi connectivity index (χ1v) is 9.28. The molecule has 0 atom stereocenters. The average Bonchev–Trinajstić information content (AvgIpc) is 3.02. The minimum Gasteiger partial charge on any atom is -0.379 e. The lowest BCUT2D eigenvalue weighted by Gasteiger charge is -2.26. The third-order valence-electron chi connectivity index (χ3n) is 4.70. The van der Waals surface area contributed by atoms with Gasteiger partial charge in [-0.05, 0) is 18.9 Å². The molecule has 0 aliphatic carbocycles. The summed E-state index contributed by atoms with van der Waals surface area (Å²) in [6.45, 7) is 7.13. The number of carbonyl (C=O) groups is 1. The van der Waals surface area contributed by atoms with E-state index < -0.39 is 0 Å². The van der Waals surface area contributed by atoms with E-state index in [4.69, 9.17) is 4.74 Å². The van der Waals surface area contributed by atoms with Crippen LogP contribution in [-0.4, -0.2) is 60.0 Å². The molecule has 26 heavy (non-hydrogen) atoms. The molecule has 1 aromatic carbocycles. The number of morpholine rings is 1. The zero-order valence-electron chi connectivity index (χ0n) is 15.7. The molecule has 140 valence electrons. The first-order valence-electron chi connectivity index (χ1n) is 9.28. The molecule has 1 amide bonds. The molecule has 0 unspecified atom stereocenters. The molecular formula is C20H28N4O2. The molecule has 0 spiro atoms. The first kappa shape index (κ1) is 18.6. The van der Waals surface area contributed by atoms with E-state index in [1.54, 1.807) is 0 Å². The highest BCUT2D eigenvalue weighted by atomic mass is 16.5. The maximum atomic E-state index is 12.2. The van der Waals surface area contributed by atoms with E-state index >= 15 is 0 Å². The highest BCUT2D eigenvalue weighted by Gasteiger charge is 2.13. The van der Waals surface area contributed by atoms with Gasteiger partial charge in [0.05, 0.1) is 18.9 Å². The van der Waals surface area contributed by atoms with Crippen LogP contribution in [0.3, 0.4) is 0 Å². The van der Waals surface area contributed by atoms with Crippen LogP contribution in [0.25, 0.3) is 11.3 Å². The molecule has 6 heteroatoms. The van der Waals surface area contributed by atoms with Crippen LogP contribution in [0.2, 0.25) is 0 Å². The summed E-state index contributed by atoms with van der Waals surface area (Å²) in [4.78, 5) is 14.5.